The minimum atomic E-state index is 0.129. The molecule has 0 radical (unpaired) electrons. The fourth-order valence-electron chi connectivity index (χ4n) is 2.20. The Hall–Kier alpha value is -1.16. The van der Waals surface area contributed by atoms with Gasteiger partial charge in [0.15, 0.2) is 0 Å². The first-order valence-electron chi connectivity index (χ1n) is 6.45. The van der Waals surface area contributed by atoms with Crippen molar-refractivity contribution in [2.75, 3.05) is 13.1 Å². The van der Waals surface area contributed by atoms with E-state index in [-0.39, 0.29) is 5.91 Å². The summed E-state index contributed by atoms with van der Waals surface area (Å²) in [5.74, 6) is 1.08. The van der Waals surface area contributed by atoms with E-state index in [1.165, 1.54) is 4.68 Å². The Bertz CT molecular complexity index is 378. The van der Waals surface area contributed by atoms with Crippen LogP contribution in [0.25, 0.3) is 0 Å². The maximum atomic E-state index is 12.0. The number of nitrogens with one attached hydrogen (secondary N) is 1. The first-order chi connectivity index (χ1) is 8.16. The average Bonchev–Trinajstić information content (AvgIpc) is 2.79. The second-order valence-corrected chi connectivity index (χ2v) is 5.16. The van der Waals surface area contributed by atoms with Crippen molar-refractivity contribution < 1.29 is 4.79 Å². The molecule has 0 amide bonds. The normalized spacial score (nSPS) is 17.6. The standard InChI is InChI=1S/C13H21N3O/c1-10(2)12-8-15-16(9-12)13(17)7-11-3-5-14-6-4-11/h8-11,14H,3-7H2,1-2H3. The molecule has 1 aromatic heterocycles. The van der Waals surface area contributed by atoms with Crippen LogP contribution in [0.4, 0.5) is 0 Å². The maximum absolute atomic E-state index is 12.0. The molecule has 94 valence electrons. The second kappa shape index (κ2) is 5.45. The second-order valence-electron chi connectivity index (χ2n) is 5.16. The Morgan fingerprint density at radius 1 is 1.53 bits per heavy atom. The molecule has 0 aromatic carbocycles. The van der Waals surface area contributed by atoms with Crippen molar-refractivity contribution in [1.82, 2.24) is 15.1 Å². The van der Waals surface area contributed by atoms with E-state index in [2.05, 4.69) is 24.3 Å². The number of nitrogens with zero attached hydrogens (tertiary/aromatic N) is 2. The highest BCUT2D eigenvalue weighted by Crippen LogP contribution is 2.18. The molecule has 4 nitrogen and oxygen atoms in total. The summed E-state index contributed by atoms with van der Waals surface area (Å²) >= 11 is 0. The molecule has 0 unspecified atom stereocenters. The Morgan fingerprint density at radius 2 is 2.24 bits per heavy atom. The summed E-state index contributed by atoms with van der Waals surface area (Å²) < 4.78 is 1.51. The highest BCUT2D eigenvalue weighted by atomic mass is 16.2. The molecule has 1 aliphatic heterocycles. The van der Waals surface area contributed by atoms with Crippen LogP contribution < -0.4 is 5.32 Å². The van der Waals surface area contributed by atoms with Gasteiger partial charge in [-0.1, -0.05) is 13.8 Å². The van der Waals surface area contributed by atoms with E-state index in [0.717, 1.165) is 31.5 Å². The molecule has 1 saturated heterocycles. The highest BCUT2D eigenvalue weighted by Gasteiger charge is 2.18. The summed E-state index contributed by atoms with van der Waals surface area (Å²) in [5.41, 5.74) is 1.13. The number of carbonyl (C=O) groups excluding carboxylic acids is 1. The Labute approximate surface area is 102 Å². The summed E-state index contributed by atoms with van der Waals surface area (Å²) in [5, 5.41) is 7.47. The van der Waals surface area contributed by atoms with Gasteiger partial charge in [-0.05, 0) is 43.3 Å². The molecule has 1 aromatic rings. The van der Waals surface area contributed by atoms with E-state index in [9.17, 15) is 4.79 Å². The van der Waals surface area contributed by atoms with Gasteiger partial charge in [-0.2, -0.15) is 5.10 Å². The van der Waals surface area contributed by atoms with Gasteiger partial charge in [0.2, 0.25) is 5.91 Å². The van der Waals surface area contributed by atoms with Crippen molar-refractivity contribution >= 4 is 5.91 Å². The fourth-order valence-corrected chi connectivity index (χ4v) is 2.20. The number of hydrogen-bond donors (Lipinski definition) is 1. The molecule has 0 aliphatic carbocycles. The maximum Gasteiger partial charge on any atom is 0.247 e. The van der Waals surface area contributed by atoms with Gasteiger partial charge in [0, 0.05) is 12.6 Å². The van der Waals surface area contributed by atoms with Gasteiger partial charge in [0.25, 0.3) is 0 Å². The van der Waals surface area contributed by atoms with E-state index >= 15 is 0 Å². The minimum absolute atomic E-state index is 0.129. The lowest BCUT2D eigenvalue weighted by molar-refractivity contribution is 0.0854. The average molecular weight is 235 g/mol. The summed E-state index contributed by atoms with van der Waals surface area (Å²) in [6.45, 7) is 6.29. The van der Waals surface area contributed by atoms with Crippen molar-refractivity contribution in [3.05, 3.63) is 18.0 Å². The lowest BCUT2D eigenvalue weighted by atomic mass is 9.94. The van der Waals surface area contributed by atoms with Crippen LogP contribution in [0.2, 0.25) is 0 Å². The van der Waals surface area contributed by atoms with E-state index in [4.69, 9.17) is 0 Å². The van der Waals surface area contributed by atoms with E-state index in [0.29, 0.717) is 18.3 Å². The molecule has 0 bridgehead atoms. The van der Waals surface area contributed by atoms with Crippen LogP contribution in [0.5, 0.6) is 0 Å². The summed E-state index contributed by atoms with van der Waals surface area (Å²) in [6, 6.07) is 0. The van der Waals surface area contributed by atoms with Gasteiger partial charge in [0.05, 0.1) is 6.20 Å². The van der Waals surface area contributed by atoms with Crippen molar-refractivity contribution in [2.45, 2.75) is 39.0 Å². The number of rotatable bonds is 3. The Balaban J connectivity index is 1.94. The largest absolute Gasteiger partial charge is 0.317 e. The predicted molar refractivity (Wildman–Crippen MR) is 67.2 cm³/mol. The zero-order chi connectivity index (χ0) is 12.3. The van der Waals surface area contributed by atoms with Crippen LogP contribution >= 0.6 is 0 Å². The van der Waals surface area contributed by atoms with Crippen LogP contribution in [0, 0.1) is 5.92 Å². The molecule has 1 fully saturated rings. The van der Waals surface area contributed by atoms with Crippen molar-refractivity contribution in [3.63, 3.8) is 0 Å². The number of piperidine rings is 1. The van der Waals surface area contributed by atoms with Gasteiger partial charge < -0.3 is 5.32 Å². The van der Waals surface area contributed by atoms with Crippen LogP contribution in [-0.2, 0) is 0 Å². The Morgan fingerprint density at radius 3 is 2.82 bits per heavy atom. The highest BCUT2D eigenvalue weighted by molar-refractivity contribution is 5.78. The van der Waals surface area contributed by atoms with Crippen molar-refractivity contribution in [2.24, 2.45) is 5.92 Å². The lowest BCUT2D eigenvalue weighted by Crippen LogP contribution is -2.29. The van der Waals surface area contributed by atoms with E-state index in [1.807, 2.05) is 6.20 Å². The SMILES string of the molecule is CC(C)c1cnn(C(=O)CC2CCNCC2)c1. The number of aromatic nitrogens is 2. The van der Waals surface area contributed by atoms with E-state index < -0.39 is 0 Å². The molecule has 4 heteroatoms. The summed E-state index contributed by atoms with van der Waals surface area (Å²) in [6.07, 6.45) is 6.49. The first-order valence-corrected chi connectivity index (χ1v) is 6.45. The molecule has 17 heavy (non-hydrogen) atoms. The molecular weight excluding hydrogens is 214 g/mol. The molecule has 2 heterocycles. The monoisotopic (exact) mass is 235 g/mol. The zero-order valence-corrected chi connectivity index (χ0v) is 10.6. The van der Waals surface area contributed by atoms with Gasteiger partial charge >= 0.3 is 0 Å². The molecule has 1 N–H and O–H groups in total. The van der Waals surface area contributed by atoms with Crippen molar-refractivity contribution in [3.8, 4) is 0 Å². The third-order valence-corrected chi connectivity index (χ3v) is 3.45. The first kappa shape index (κ1) is 12.3. The van der Waals surface area contributed by atoms with Gasteiger partial charge in [-0.25, -0.2) is 4.68 Å². The van der Waals surface area contributed by atoms with E-state index in [1.54, 1.807) is 6.20 Å². The fraction of sp³-hybridized carbons (Fsp3) is 0.692. The summed E-state index contributed by atoms with van der Waals surface area (Å²) in [4.78, 5) is 12.0. The van der Waals surface area contributed by atoms with Crippen LogP contribution in [0.1, 0.15) is 49.4 Å². The zero-order valence-electron chi connectivity index (χ0n) is 10.6. The van der Waals surface area contributed by atoms with Crippen molar-refractivity contribution in [1.29, 1.82) is 0 Å². The lowest BCUT2D eigenvalue weighted by Gasteiger charge is -2.21. The third kappa shape index (κ3) is 3.16. The van der Waals surface area contributed by atoms with Gasteiger partial charge in [-0.15, -0.1) is 0 Å². The molecule has 0 saturated carbocycles. The van der Waals surface area contributed by atoms with Gasteiger partial charge in [0.1, 0.15) is 0 Å². The minimum Gasteiger partial charge on any atom is -0.317 e. The smallest absolute Gasteiger partial charge is 0.247 e. The van der Waals surface area contributed by atoms with Crippen LogP contribution in [-0.4, -0.2) is 28.8 Å². The molecular formula is C13H21N3O. The Kier molecular flexibility index (Phi) is 3.94. The van der Waals surface area contributed by atoms with Crippen LogP contribution in [0.3, 0.4) is 0 Å². The predicted octanol–water partition coefficient (Wildman–Crippen LogP) is 2.04. The van der Waals surface area contributed by atoms with Gasteiger partial charge in [-0.3, -0.25) is 4.79 Å². The molecule has 0 atom stereocenters. The molecule has 0 spiro atoms. The quantitative estimate of drug-likeness (QED) is 0.872. The number of carbonyl (C=O) groups is 1. The number of hydrogen-bond acceptors (Lipinski definition) is 3. The third-order valence-electron chi connectivity index (χ3n) is 3.45. The van der Waals surface area contributed by atoms with Crippen LogP contribution in [0.15, 0.2) is 12.4 Å². The topological polar surface area (TPSA) is 46.9 Å². The molecule has 2 rings (SSSR count). The summed E-state index contributed by atoms with van der Waals surface area (Å²) in [7, 11) is 0. The molecule has 1 aliphatic rings.